The van der Waals surface area contributed by atoms with Gasteiger partial charge >= 0.3 is 5.97 Å². The van der Waals surface area contributed by atoms with E-state index in [2.05, 4.69) is 16.0 Å². The number of hydrogen-bond donors (Lipinski definition) is 18. The van der Waals surface area contributed by atoms with E-state index >= 15 is 0 Å². The van der Waals surface area contributed by atoms with Gasteiger partial charge < -0.3 is 135 Å². The normalized spacial score (nSPS) is 45.5. The molecule has 5 fully saturated rings. The number of aliphatic hydroxyl groups excluding tert-OH is 14. The summed E-state index contributed by atoms with van der Waals surface area (Å²) in [4.78, 5) is 49.8. The maximum absolute atomic E-state index is 13.0. The average Bonchev–Trinajstić information content (AvgIpc) is 3.29. The van der Waals surface area contributed by atoms with Gasteiger partial charge in [-0.15, -0.1) is 0 Å². The maximum atomic E-state index is 13.0. The van der Waals surface area contributed by atoms with Crippen molar-refractivity contribution < 1.29 is 138 Å². The zero-order valence-electron chi connectivity index (χ0n) is 38.0. The Morgan fingerprint density at radius 2 is 1.11 bits per heavy atom. The van der Waals surface area contributed by atoms with Crippen LogP contribution in [0.25, 0.3) is 0 Å². The highest BCUT2D eigenvalue weighted by Gasteiger charge is 2.61. The third-order valence-electron chi connectivity index (χ3n) is 12.4. The lowest BCUT2D eigenvalue weighted by atomic mass is 9.88. The van der Waals surface area contributed by atoms with Crippen molar-refractivity contribution in [2.75, 3.05) is 26.4 Å². The van der Waals surface area contributed by atoms with Gasteiger partial charge in [-0.05, 0) is 6.92 Å². The third-order valence-corrected chi connectivity index (χ3v) is 12.4. The largest absolute Gasteiger partial charge is 0.477 e. The van der Waals surface area contributed by atoms with Crippen LogP contribution < -0.4 is 16.0 Å². The number of carboxylic acids is 1. The van der Waals surface area contributed by atoms with E-state index in [9.17, 15) is 95.8 Å². The summed E-state index contributed by atoms with van der Waals surface area (Å²) in [5.74, 6) is -7.64. The van der Waals surface area contributed by atoms with Crippen LogP contribution in [-0.4, -0.2) is 286 Å². The average molecular weight is 1020 g/mol. The summed E-state index contributed by atoms with van der Waals surface area (Å²) >= 11 is 0. The lowest BCUT2D eigenvalue weighted by Crippen LogP contribution is -2.71. The van der Waals surface area contributed by atoms with E-state index in [1.807, 2.05) is 0 Å². The summed E-state index contributed by atoms with van der Waals surface area (Å²) in [6.07, 6.45) is -43.0. The molecular weight excluding hydrogens is 958 g/mol. The van der Waals surface area contributed by atoms with Crippen molar-refractivity contribution in [3.63, 3.8) is 0 Å². The molecule has 1 unspecified atom stereocenters. The molecule has 5 rings (SSSR count). The Morgan fingerprint density at radius 3 is 1.66 bits per heavy atom. The van der Waals surface area contributed by atoms with Gasteiger partial charge in [-0.1, -0.05) is 0 Å². The number of carbonyl (C=O) groups excluding carboxylic acids is 3. The fourth-order valence-electron chi connectivity index (χ4n) is 8.78. The third kappa shape index (κ3) is 12.6. The maximum Gasteiger partial charge on any atom is 0.364 e. The highest BCUT2D eigenvalue weighted by Crippen LogP contribution is 2.39. The molecule has 5 heterocycles. The van der Waals surface area contributed by atoms with Gasteiger partial charge in [0.1, 0.15) is 110 Å². The topological polar surface area (TPSA) is 491 Å². The summed E-state index contributed by atoms with van der Waals surface area (Å²) < 4.78 is 51.3. The predicted molar refractivity (Wildman–Crippen MR) is 217 cm³/mol. The molecule has 18 N–H and O–H groups in total. The molecular formula is C39H65N3O28. The summed E-state index contributed by atoms with van der Waals surface area (Å²) in [5, 5.41) is 168. The molecule has 5 aliphatic heterocycles. The number of rotatable bonds is 18. The molecule has 31 heteroatoms. The van der Waals surface area contributed by atoms with Crippen LogP contribution in [0.4, 0.5) is 0 Å². The van der Waals surface area contributed by atoms with Crippen molar-refractivity contribution >= 4 is 23.7 Å². The first-order valence-corrected chi connectivity index (χ1v) is 22.1. The van der Waals surface area contributed by atoms with E-state index in [1.165, 1.54) is 6.92 Å². The number of aliphatic carboxylic acids is 1. The Labute approximate surface area is 397 Å². The quantitative estimate of drug-likeness (QED) is 0.0606. The molecule has 5 aliphatic rings. The first-order valence-electron chi connectivity index (χ1n) is 22.1. The summed E-state index contributed by atoms with van der Waals surface area (Å²) in [6.45, 7) is 0.427. The highest BCUT2D eigenvalue weighted by molar-refractivity contribution is 5.77. The first kappa shape index (κ1) is 57.9. The number of amides is 3. The highest BCUT2D eigenvalue weighted by atomic mass is 16.8. The summed E-state index contributed by atoms with van der Waals surface area (Å²) in [6, 6.07) is -4.95. The first-order chi connectivity index (χ1) is 32.8. The van der Waals surface area contributed by atoms with Gasteiger partial charge in [0.25, 0.3) is 5.79 Å². The van der Waals surface area contributed by atoms with Crippen LogP contribution in [0, 0.1) is 0 Å². The number of hydrogen-bond acceptors (Lipinski definition) is 27. The zero-order chi connectivity index (χ0) is 52.3. The van der Waals surface area contributed by atoms with E-state index in [0.717, 1.165) is 20.8 Å². The van der Waals surface area contributed by atoms with Crippen LogP contribution >= 0.6 is 0 Å². The molecule has 0 bridgehead atoms. The van der Waals surface area contributed by atoms with Crippen molar-refractivity contribution in [2.45, 2.75) is 193 Å². The van der Waals surface area contributed by atoms with Gasteiger partial charge in [0.2, 0.25) is 17.7 Å². The molecule has 3 amide bonds. The van der Waals surface area contributed by atoms with E-state index < -0.39 is 215 Å². The van der Waals surface area contributed by atoms with Crippen LogP contribution in [0.5, 0.6) is 0 Å². The predicted octanol–water partition coefficient (Wildman–Crippen LogP) is -11.3. The van der Waals surface area contributed by atoms with Crippen LogP contribution in [0.15, 0.2) is 0 Å². The fraction of sp³-hybridized carbons (Fsp3) is 0.897. The number of nitrogens with one attached hydrogen (secondary N) is 3. The molecule has 404 valence electrons. The minimum atomic E-state index is -3.17. The molecule has 0 aromatic carbocycles. The van der Waals surface area contributed by atoms with Crippen molar-refractivity contribution in [1.29, 1.82) is 0 Å². The Morgan fingerprint density at radius 1 is 0.614 bits per heavy atom. The number of aliphatic hydroxyl groups is 14. The molecule has 26 atom stereocenters. The second-order valence-corrected chi connectivity index (χ2v) is 17.6. The van der Waals surface area contributed by atoms with E-state index in [4.69, 9.17) is 42.6 Å². The molecule has 31 nitrogen and oxygen atoms in total. The van der Waals surface area contributed by atoms with E-state index in [0.29, 0.717) is 0 Å². The number of ether oxygens (including phenoxy) is 9. The minimum absolute atomic E-state index is 0.761. The molecule has 0 spiro atoms. The lowest BCUT2D eigenvalue weighted by molar-refractivity contribution is -0.381. The van der Waals surface area contributed by atoms with Gasteiger partial charge in [0, 0.05) is 27.2 Å². The summed E-state index contributed by atoms with van der Waals surface area (Å²) in [7, 11) is 0. The standard InChI is InChI=1S/C39H65N3O28/c1-10-22(51)27(56)28(57)36(63-10)68-31-21(42-13(4)48)35(65-16(7-44)24(31)53)62-9-18-26(55)30(20(34(59)64-18)41-12(3)47)67-37-29(58)33(25(54)17(8-45)66-37)70-39(38(60)61)5-14(49)19(40-11(2)46)32(69-39)23(52)15(50)6-43/h10,14-37,43-45,49-59H,5-9H2,1-4H3,(H,40,46)(H,41,47)(H,42,48)(H,60,61)/t10-,14-,15+,16+,17+,18+,19+,20+,21+,22+,23+,24+,25-,26-,27+,28-,29+,30+,31+,32+,33-,34?,35+,36-,37-,39-/m0/s1. The van der Waals surface area contributed by atoms with Crippen molar-refractivity contribution in [1.82, 2.24) is 16.0 Å². The van der Waals surface area contributed by atoms with E-state index in [1.54, 1.807) is 0 Å². The van der Waals surface area contributed by atoms with Crippen LogP contribution in [-0.2, 0) is 61.8 Å². The van der Waals surface area contributed by atoms with E-state index in [-0.39, 0.29) is 0 Å². The Kier molecular flexibility index (Phi) is 20.1. The summed E-state index contributed by atoms with van der Waals surface area (Å²) in [5.41, 5.74) is 0. The van der Waals surface area contributed by atoms with Gasteiger partial charge in [0.15, 0.2) is 25.2 Å². The number of carboxylic acid groups (broad SMARTS) is 1. The molecule has 0 aliphatic carbocycles. The van der Waals surface area contributed by atoms with Crippen LogP contribution in [0.1, 0.15) is 34.1 Å². The molecule has 5 saturated heterocycles. The molecule has 70 heavy (non-hydrogen) atoms. The number of carbonyl (C=O) groups is 4. The molecule has 0 aromatic rings. The Balaban J connectivity index is 1.41. The minimum Gasteiger partial charge on any atom is -0.477 e. The van der Waals surface area contributed by atoms with Crippen molar-refractivity contribution in [3.05, 3.63) is 0 Å². The second-order valence-electron chi connectivity index (χ2n) is 17.6. The smallest absolute Gasteiger partial charge is 0.364 e. The van der Waals surface area contributed by atoms with Gasteiger partial charge in [-0.25, -0.2) is 4.79 Å². The van der Waals surface area contributed by atoms with Gasteiger partial charge in [-0.3, -0.25) is 14.4 Å². The van der Waals surface area contributed by atoms with Crippen LogP contribution in [0.2, 0.25) is 0 Å². The SMILES string of the molecule is CC(=O)N[C@H]1[C@H](OC[C@H]2OC(O)[C@H](NC(C)=O)[C@@H](O[C@@H]3O[C@H](CO)[C@H](O)[C@H](O[C@]4(C(=O)O)C[C@H](O)[C@@H](NC(C)=O)[C@H]([C@H](O)[C@H](O)CO)O4)[C@H]3O)[C@H]2O)O[C@H](CO)[C@@H](O)[C@@H]1O[C@@H]1O[C@@H](C)[C@@H](O)[C@@H](O)[C@@H]1O. The molecule has 0 aromatic heterocycles. The van der Waals surface area contributed by atoms with Crippen molar-refractivity contribution in [3.8, 4) is 0 Å². The lowest BCUT2D eigenvalue weighted by Gasteiger charge is -2.51. The fourth-order valence-corrected chi connectivity index (χ4v) is 8.78. The van der Waals surface area contributed by atoms with Crippen molar-refractivity contribution in [2.24, 2.45) is 0 Å². The molecule has 0 radical (unpaired) electrons. The Hall–Kier alpha value is -3.04. The Bertz CT molecular complexity index is 1760. The molecule has 0 saturated carbocycles. The van der Waals surface area contributed by atoms with Gasteiger partial charge in [-0.2, -0.15) is 0 Å². The monoisotopic (exact) mass is 1020 g/mol. The second kappa shape index (κ2) is 24.3. The van der Waals surface area contributed by atoms with Crippen LogP contribution in [0.3, 0.4) is 0 Å². The zero-order valence-corrected chi connectivity index (χ0v) is 38.0. The van der Waals surface area contributed by atoms with Gasteiger partial charge in [0.05, 0.1) is 44.7 Å².